The summed E-state index contributed by atoms with van der Waals surface area (Å²) in [6.45, 7) is 2.83. The van der Waals surface area contributed by atoms with Crippen molar-refractivity contribution in [3.05, 3.63) is 45.2 Å². The lowest BCUT2D eigenvalue weighted by Gasteiger charge is -2.13. The zero-order valence-corrected chi connectivity index (χ0v) is 16.2. The molecule has 0 aliphatic carbocycles. The van der Waals surface area contributed by atoms with Gasteiger partial charge in [-0.25, -0.2) is 9.38 Å². The van der Waals surface area contributed by atoms with Crippen LogP contribution in [0, 0.1) is 6.92 Å². The Balaban J connectivity index is 3.44. The molecule has 0 unspecified atom stereocenters. The molecule has 0 saturated carbocycles. The Labute approximate surface area is 158 Å². The first kappa shape index (κ1) is 22.4. The van der Waals surface area contributed by atoms with Crippen molar-refractivity contribution in [2.45, 2.75) is 19.4 Å². The molecular weight excluding hydrogens is 472 g/mol. The van der Waals surface area contributed by atoms with Crippen LogP contribution >= 0.6 is 27.5 Å². The third-order valence-electron chi connectivity index (χ3n) is 2.60. The van der Waals surface area contributed by atoms with Gasteiger partial charge in [-0.05, 0) is 29.8 Å². The Hall–Kier alpha value is -1.66. The monoisotopic (exact) mass is 480 g/mol. The average molecular weight is 482 g/mol. The molecule has 1 aromatic rings. The maximum atomic E-state index is 14.0. The Morgan fingerprint density at radius 2 is 2.00 bits per heavy atom. The number of pyridine rings is 1. The SMILES string of the molecule is C/C=C/N=C(Br)/C(F)=C/n1c(C)cc(OS(=O)(=O)C(F)(F)F)c(Cl)c1=O. The standard InChI is InChI=1S/C13H10BrClF4N2O4S/c1-3-4-20-11(14)8(16)6-21-7(2)5-9(10(15)12(21)22)25-26(23,24)13(17,18)19/h3-6H,1-2H3/b4-3+,8-6-,20-11-. The van der Waals surface area contributed by atoms with Crippen LogP contribution in [0.2, 0.25) is 5.02 Å². The highest BCUT2D eigenvalue weighted by Gasteiger charge is 2.49. The molecule has 0 aliphatic rings. The van der Waals surface area contributed by atoms with Crippen LogP contribution in [-0.2, 0) is 10.1 Å². The van der Waals surface area contributed by atoms with Crippen molar-refractivity contribution in [2.75, 3.05) is 0 Å². The molecule has 6 nitrogen and oxygen atoms in total. The predicted octanol–water partition coefficient (Wildman–Crippen LogP) is 4.13. The van der Waals surface area contributed by atoms with E-state index >= 15 is 0 Å². The van der Waals surface area contributed by atoms with Crippen LogP contribution in [0.1, 0.15) is 12.6 Å². The molecule has 0 N–H and O–H groups in total. The topological polar surface area (TPSA) is 77.7 Å². The van der Waals surface area contributed by atoms with Gasteiger partial charge in [0.15, 0.2) is 11.6 Å². The second kappa shape index (κ2) is 8.35. The molecule has 1 heterocycles. The lowest BCUT2D eigenvalue weighted by atomic mass is 10.3. The van der Waals surface area contributed by atoms with E-state index < -0.39 is 37.8 Å². The summed E-state index contributed by atoms with van der Waals surface area (Å²) in [7, 11) is -6.02. The molecule has 0 radical (unpaired) electrons. The fraction of sp³-hybridized carbons (Fsp3) is 0.231. The van der Waals surface area contributed by atoms with Gasteiger partial charge in [0, 0.05) is 18.0 Å². The lowest BCUT2D eigenvalue weighted by molar-refractivity contribution is -0.0500. The van der Waals surface area contributed by atoms with Gasteiger partial charge in [0.25, 0.3) is 5.56 Å². The summed E-state index contributed by atoms with van der Waals surface area (Å²) in [5.74, 6) is -2.03. The van der Waals surface area contributed by atoms with Gasteiger partial charge in [-0.1, -0.05) is 17.7 Å². The summed E-state index contributed by atoms with van der Waals surface area (Å²) in [6.07, 6.45) is 3.44. The van der Waals surface area contributed by atoms with Crippen molar-refractivity contribution in [3.63, 3.8) is 0 Å². The minimum absolute atomic E-state index is 0.145. The third kappa shape index (κ3) is 5.17. The van der Waals surface area contributed by atoms with Crippen LogP contribution in [0.15, 0.2) is 34.0 Å². The molecule has 0 atom stereocenters. The van der Waals surface area contributed by atoms with E-state index in [0.717, 1.165) is 6.07 Å². The summed E-state index contributed by atoms with van der Waals surface area (Å²) in [4.78, 5) is 15.8. The maximum Gasteiger partial charge on any atom is 0.534 e. The number of aromatic nitrogens is 1. The maximum absolute atomic E-state index is 14.0. The van der Waals surface area contributed by atoms with Crippen molar-refractivity contribution in [1.29, 1.82) is 0 Å². The molecule has 0 amide bonds. The Morgan fingerprint density at radius 3 is 2.50 bits per heavy atom. The van der Waals surface area contributed by atoms with Crippen molar-refractivity contribution in [3.8, 4) is 5.75 Å². The molecule has 0 aromatic carbocycles. The number of hydrogen-bond donors (Lipinski definition) is 0. The second-order valence-corrected chi connectivity index (χ2v) is 7.17. The van der Waals surface area contributed by atoms with Crippen molar-refractivity contribution in [1.82, 2.24) is 4.57 Å². The summed E-state index contributed by atoms with van der Waals surface area (Å²) in [6, 6.07) is 0.744. The molecule has 1 aromatic heterocycles. The molecule has 144 valence electrons. The zero-order chi connectivity index (χ0) is 20.3. The fourth-order valence-electron chi connectivity index (χ4n) is 1.45. The average Bonchev–Trinajstić information content (AvgIpc) is 2.52. The van der Waals surface area contributed by atoms with Gasteiger partial charge in [0.05, 0.1) is 6.20 Å². The highest BCUT2D eigenvalue weighted by molar-refractivity contribution is 9.18. The summed E-state index contributed by atoms with van der Waals surface area (Å²) >= 11 is 8.40. The fourth-order valence-corrected chi connectivity index (χ4v) is 2.36. The van der Waals surface area contributed by atoms with Crippen molar-refractivity contribution < 1.29 is 30.2 Å². The van der Waals surface area contributed by atoms with Crippen molar-refractivity contribution >= 4 is 48.5 Å². The Kier molecular flexibility index (Phi) is 7.19. The highest BCUT2D eigenvalue weighted by atomic mass is 79.9. The van der Waals surface area contributed by atoms with E-state index in [4.69, 9.17) is 11.6 Å². The van der Waals surface area contributed by atoms with E-state index in [0.29, 0.717) is 10.8 Å². The van der Waals surface area contributed by atoms with Gasteiger partial charge in [-0.2, -0.15) is 21.6 Å². The highest BCUT2D eigenvalue weighted by Crippen LogP contribution is 2.30. The number of alkyl halides is 3. The van der Waals surface area contributed by atoms with E-state index in [2.05, 4.69) is 25.1 Å². The minimum Gasteiger partial charge on any atom is -0.374 e. The molecule has 0 spiro atoms. The molecule has 0 fully saturated rings. The molecule has 26 heavy (non-hydrogen) atoms. The van der Waals surface area contributed by atoms with Crippen LogP contribution in [0.5, 0.6) is 5.75 Å². The zero-order valence-electron chi connectivity index (χ0n) is 13.0. The molecular formula is C13H10BrClF4N2O4S. The molecule has 0 aliphatic heterocycles. The van der Waals surface area contributed by atoms with Gasteiger partial charge >= 0.3 is 15.6 Å². The number of allylic oxidation sites excluding steroid dienone is 2. The van der Waals surface area contributed by atoms with Gasteiger partial charge in [-0.3, -0.25) is 9.36 Å². The summed E-state index contributed by atoms with van der Waals surface area (Å²) in [5.41, 5.74) is -7.05. The first-order valence-corrected chi connectivity index (χ1v) is 9.04. The van der Waals surface area contributed by atoms with E-state index in [9.17, 15) is 30.8 Å². The summed E-state index contributed by atoms with van der Waals surface area (Å²) in [5, 5.41) is -0.978. The van der Waals surface area contributed by atoms with E-state index in [1.54, 1.807) is 6.92 Å². The number of nitrogens with zero attached hydrogens (tertiary/aromatic N) is 2. The second-order valence-electron chi connectivity index (χ2n) is 4.50. The minimum atomic E-state index is -6.02. The quantitative estimate of drug-likeness (QED) is 0.274. The van der Waals surface area contributed by atoms with Crippen LogP contribution in [0.25, 0.3) is 6.20 Å². The molecule has 13 heteroatoms. The largest absolute Gasteiger partial charge is 0.534 e. The Morgan fingerprint density at radius 1 is 1.42 bits per heavy atom. The van der Waals surface area contributed by atoms with E-state index in [1.807, 2.05) is 0 Å². The first-order valence-electron chi connectivity index (χ1n) is 6.46. The predicted molar refractivity (Wildman–Crippen MR) is 92.6 cm³/mol. The van der Waals surface area contributed by atoms with Crippen LogP contribution in [-0.4, -0.2) is 23.1 Å². The van der Waals surface area contributed by atoms with E-state index in [1.165, 1.54) is 19.2 Å². The van der Waals surface area contributed by atoms with Crippen LogP contribution in [0.4, 0.5) is 17.6 Å². The number of aryl methyl sites for hydroxylation is 1. The number of halogens is 6. The number of hydrogen-bond acceptors (Lipinski definition) is 5. The van der Waals surface area contributed by atoms with Gasteiger partial charge in [0.1, 0.15) is 9.64 Å². The van der Waals surface area contributed by atoms with E-state index in [-0.39, 0.29) is 10.3 Å². The Bertz CT molecular complexity index is 952. The summed E-state index contributed by atoms with van der Waals surface area (Å²) < 4.78 is 77.4. The molecule has 0 saturated heterocycles. The van der Waals surface area contributed by atoms with Crippen molar-refractivity contribution in [2.24, 2.45) is 4.99 Å². The van der Waals surface area contributed by atoms with Crippen LogP contribution in [0.3, 0.4) is 0 Å². The van der Waals surface area contributed by atoms with Gasteiger partial charge in [0.2, 0.25) is 0 Å². The first-order chi connectivity index (χ1) is 11.8. The van der Waals surface area contributed by atoms with Gasteiger partial charge in [-0.15, -0.1) is 0 Å². The third-order valence-corrected chi connectivity index (χ3v) is 4.50. The number of rotatable bonds is 5. The van der Waals surface area contributed by atoms with Crippen LogP contribution < -0.4 is 9.74 Å². The molecule has 1 rings (SSSR count). The molecule has 0 bridgehead atoms. The smallest absolute Gasteiger partial charge is 0.374 e. The lowest BCUT2D eigenvalue weighted by Crippen LogP contribution is -2.29. The van der Waals surface area contributed by atoms with Gasteiger partial charge < -0.3 is 4.18 Å². The number of aliphatic imine (C=N–C) groups is 1. The normalized spacial score (nSPS) is 14.2.